The van der Waals surface area contributed by atoms with Crippen molar-refractivity contribution in [3.63, 3.8) is 0 Å². The van der Waals surface area contributed by atoms with Crippen molar-refractivity contribution in [3.8, 4) is 0 Å². The number of carbonyl (C=O) groups is 1. The van der Waals surface area contributed by atoms with Crippen molar-refractivity contribution in [1.82, 2.24) is 5.43 Å². The second kappa shape index (κ2) is 7.85. The number of hydrazone groups is 1. The fourth-order valence-electron chi connectivity index (χ4n) is 1.95. The highest BCUT2D eigenvalue weighted by molar-refractivity contribution is 5.84. The Hall–Kier alpha value is -2.62. The van der Waals surface area contributed by atoms with Gasteiger partial charge in [-0.05, 0) is 24.6 Å². The fraction of sp³-hybridized carbons (Fsp3) is 0.176. The Morgan fingerprint density at radius 2 is 1.71 bits per heavy atom. The minimum atomic E-state index is -0.132. The molecule has 0 saturated heterocycles. The minimum absolute atomic E-state index is 0.132. The van der Waals surface area contributed by atoms with Crippen molar-refractivity contribution >= 4 is 17.8 Å². The van der Waals surface area contributed by atoms with Crippen molar-refractivity contribution < 1.29 is 4.79 Å². The lowest BCUT2D eigenvalue weighted by Crippen LogP contribution is -2.35. The summed E-state index contributed by atoms with van der Waals surface area (Å²) in [4.78, 5) is 13.9. The second-order valence-corrected chi connectivity index (χ2v) is 4.55. The predicted octanol–water partition coefficient (Wildman–Crippen LogP) is 2.66. The highest BCUT2D eigenvalue weighted by Gasteiger charge is 2.08. The van der Waals surface area contributed by atoms with Gasteiger partial charge in [0, 0.05) is 12.2 Å². The lowest BCUT2D eigenvalue weighted by molar-refractivity contribution is -0.119. The lowest BCUT2D eigenvalue weighted by atomic mass is 10.2. The quantitative estimate of drug-likeness (QED) is 0.653. The molecule has 0 aromatic heterocycles. The summed E-state index contributed by atoms with van der Waals surface area (Å²) < 4.78 is 0. The number of amides is 1. The van der Waals surface area contributed by atoms with Gasteiger partial charge in [-0.25, -0.2) is 5.43 Å². The van der Waals surface area contributed by atoms with Gasteiger partial charge in [0.1, 0.15) is 0 Å². The molecule has 0 unspecified atom stereocenters. The molecule has 2 aromatic carbocycles. The third kappa shape index (κ3) is 4.76. The van der Waals surface area contributed by atoms with Crippen LogP contribution in [0.2, 0.25) is 0 Å². The molecule has 2 aromatic rings. The monoisotopic (exact) mass is 281 g/mol. The smallest absolute Gasteiger partial charge is 0.259 e. The summed E-state index contributed by atoms with van der Waals surface area (Å²) >= 11 is 0. The van der Waals surface area contributed by atoms with E-state index in [1.165, 1.54) is 0 Å². The second-order valence-electron chi connectivity index (χ2n) is 4.55. The fourth-order valence-corrected chi connectivity index (χ4v) is 1.95. The van der Waals surface area contributed by atoms with E-state index in [9.17, 15) is 4.79 Å². The third-order valence-corrected chi connectivity index (χ3v) is 3.04. The van der Waals surface area contributed by atoms with Crippen LogP contribution < -0.4 is 10.3 Å². The Labute approximate surface area is 125 Å². The first-order valence-electron chi connectivity index (χ1n) is 6.96. The van der Waals surface area contributed by atoms with Crippen LogP contribution in [-0.4, -0.2) is 25.2 Å². The molecule has 21 heavy (non-hydrogen) atoms. The topological polar surface area (TPSA) is 44.7 Å². The molecule has 0 bridgehead atoms. The summed E-state index contributed by atoms with van der Waals surface area (Å²) in [6.45, 7) is 3.07. The van der Waals surface area contributed by atoms with E-state index in [2.05, 4.69) is 10.5 Å². The maximum absolute atomic E-state index is 11.9. The van der Waals surface area contributed by atoms with Gasteiger partial charge in [-0.1, -0.05) is 48.5 Å². The summed E-state index contributed by atoms with van der Waals surface area (Å²) in [6, 6.07) is 19.5. The van der Waals surface area contributed by atoms with Gasteiger partial charge in [0.25, 0.3) is 5.91 Å². The van der Waals surface area contributed by atoms with Crippen LogP contribution in [0.3, 0.4) is 0 Å². The van der Waals surface area contributed by atoms with E-state index in [4.69, 9.17) is 0 Å². The van der Waals surface area contributed by atoms with Crippen LogP contribution in [0.5, 0.6) is 0 Å². The molecule has 0 aliphatic rings. The van der Waals surface area contributed by atoms with E-state index in [1.54, 1.807) is 6.21 Å². The van der Waals surface area contributed by atoms with E-state index < -0.39 is 0 Å². The number of hydrogen-bond donors (Lipinski definition) is 1. The average Bonchev–Trinajstić information content (AvgIpc) is 2.54. The molecule has 0 aliphatic heterocycles. The number of rotatable bonds is 6. The Morgan fingerprint density at radius 3 is 2.33 bits per heavy atom. The number of nitrogens with one attached hydrogen (secondary N) is 1. The Kier molecular flexibility index (Phi) is 5.52. The number of para-hydroxylation sites is 1. The van der Waals surface area contributed by atoms with E-state index >= 15 is 0 Å². The van der Waals surface area contributed by atoms with E-state index in [0.29, 0.717) is 0 Å². The summed E-state index contributed by atoms with van der Waals surface area (Å²) in [6.07, 6.45) is 1.64. The maximum atomic E-state index is 11.9. The van der Waals surface area contributed by atoms with Crippen LogP contribution in [0, 0.1) is 0 Å². The molecular formula is C17H19N3O. The van der Waals surface area contributed by atoms with Crippen molar-refractivity contribution in [1.29, 1.82) is 0 Å². The predicted molar refractivity (Wildman–Crippen MR) is 86.5 cm³/mol. The molecule has 0 radical (unpaired) electrons. The van der Waals surface area contributed by atoms with Gasteiger partial charge in [-0.2, -0.15) is 5.10 Å². The van der Waals surface area contributed by atoms with Gasteiger partial charge in [-0.3, -0.25) is 4.79 Å². The number of nitrogens with zero attached hydrogens (tertiary/aromatic N) is 2. The molecule has 1 amide bonds. The van der Waals surface area contributed by atoms with Gasteiger partial charge < -0.3 is 4.90 Å². The number of likely N-dealkylation sites (N-methyl/N-ethyl adjacent to an activating group) is 1. The molecular weight excluding hydrogens is 262 g/mol. The number of carbonyl (C=O) groups excluding carboxylic acids is 1. The van der Waals surface area contributed by atoms with Crippen LogP contribution in [0.25, 0.3) is 0 Å². The molecule has 0 spiro atoms. The van der Waals surface area contributed by atoms with Gasteiger partial charge in [0.05, 0.1) is 12.8 Å². The van der Waals surface area contributed by atoms with Crippen molar-refractivity contribution in [2.75, 3.05) is 18.0 Å². The highest BCUT2D eigenvalue weighted by atomic mass is 16.2. The van der Waals surface area contributed by atoms with Crippen LogP contribution in [-0.2, 0) is 4.79 Å². The largest absolute Gasteiger partial charge is 0.362 e. The molecule has 0 fully saturated rings. The molecule has 0 aliphatic carbocycles. The van der Waals surface area contributed by atoms with Crippen molar-refractivity contribution in [3.05, 3.63) is 66.2 Å². The summed E-state index contributed by atoms with van der Waals surface area (Å²) in [5.74, 6) is -0.132. The highest BCUT2D eigenvalue weighted by Crippen LogP contribution is 2.11. The zero-order valence-electron chi connectivity index (χ0n) is 12.1. The Bertz CT molecular complexity index is 581. The van der Waals surface area contributed by atoms with Gasteiger partial charge in [-0.15, -0.1) is 0 Å². The minimum Gasteiger partial charge on any atom is -0.362 e. The maximum Gasteiger partial charge on any atom is 0.259 e. The summed E-state index contributed by atoms with van der Waals surface area (Å²) in [5.41, 5.74) is 4.54. The average molecular weight is 281 g/mol. The Morgan fingerprint density at radius 1 is 1.10 bits per heavy atom. The zero-order chi connectivity index (χ0) is 14.9. The number of benzene rings is 2. The standard InChI is InChI=1S/C17H19N3O/c1-2-20(16-11-7-4-8-12-16)14-17(21)19-18-13-15-9-5-3-6-10-15/h3-13H,2,14H2,1H3,(H,19,21). The van der Waals surface area contributed by atoms with E-state index in [0.717, 1.165) is 17.8 Å². The van der Waals surface area contributed by atoms with Crippen molar-refractivity contribution in [2.24, 2.45) is 5.10 Å². The molecule has 4 nitrogen and oxygen atoms in total. The molecule has 2 rings (SSSR count). The van der Waals surface area contributed by atoms with Gasteiger partial charge in [0.2, 0.25) is 0 Å². The summed E-state index contributed by atoms with van der Waals surface area (Å²) in [7, 11) is 0. The molecule has 108 valence electrons. The number of hydrogen-bond acceptors (Lipinski definition) is 3. The molecule has 0 atom stereocenters. The third-order valence-electron chi connectivity index (χ3n) is 3.04. The van der Waals surface area contributed by atoms with Gasteiger partial charge >= 0.3 is 0 Å². The van der Waals surface area contributed by atoms with Crippen LogP contribution >= 0.6 is 0 Å². The Balaban J connectivity index is 1.87. The van der Waals surface area contributed by atoms with E-state index in [1.807, 2.05) is 72.5 Å². The molecule has 1 N–H and O–H groups in total. The summed E-state index contributed by atoms with van der Waals surface area (Å²) in [5, 5.41) is 3.97. The first-order chi connectivity index (χ1) is 10.3. The van der Waals surface area contributed by atoms with Gasteiger partial charge in [0.15, 0.2) is 0 Å². The van der Waals surface area contributed by atoms with Crippen LogP contribution in [0.4, 0.5) is 5.69 Å². The SMILES string of the molecule is CCN(CC(=O)NN=Cc1ccccc1)c1ccccc1. The first kappa shape index (κ1) is 14.8. The first-order valence-corrected chi connectivity index (χ1v) is 6.96. The number of anilines is 1. The van der Waals surface area contributed by atoms with Crippen molar-refractivity contribution in [2.45, 2.75) is 6.92 Å². The molecule has 0 saturated carbocycles. The molecule has 4 heteroatoms. The normalized spacial score (nSPS) is 10.5. The van der Waals surface area contributed by atoms with Crippen LogP contribution in [0.1, 0.15) is 12.5 Å². The molecule has 0 heterocycles. The lowest BCUT2D eigenvalue weighted by Gasteiger charge is -2.21. The van der Waals surface area contributed by atoms with Crippen LogP contribution in [0.15, 0.2) is 65.8 Å². The van der Waals surface area contributed by atoms with E-state index in [-0.39, 0.29) is 12.5 Å². The zero-order valence-corrected chi connectivity index (χ0v) is 12.1.